The second kappa shape index (κ2) is 5.41. The standard InChI is InChI=1S/C14H22O3/c1-14(2,3)11-8-10(6-5-7-15)13(17-4)12(16)9-11/h8-9,15-16H,5-7H2,1-4H3. The van der Waals surface area contributed by atoms with Gasteiger partial charge in [-0.1, -0.05) is 26.8 Å². The van der Waals surface area contributed by atoms with E-state index >= 15 is 0 Å². The first-order valence-corrected chi connectivity index (χ1v) is 5.91. The van der Waals surface area contributed by atoms with Gasteiger partial charge in [0.1, 0.15) is 0 Å². The number of phenols is 1. The summed E-state index contributed by atoms with van der Waals surface area (Å²) in [7, 11) is 1.55. The summed E-state index contributed by atoms with van der Waals surface area (Å²) in [6, 6.07) is 3.80. The second-order valence-corrected chi connectivity index (χ2v) is 5.26. The van der Waals surface area contributed by atoms with Crippen molar-refractivity contribution in [2.24, 2.45) is 0 Å². The van der Waals surface area contributed by atoms with E-state index in [0.717, 1.165) is 11.1 Å². The molecule has 0 radical (unpaired) electrons. The number of rotatable bonds is 4. The average Bonchev–Trinajstić information content (AvgIpc) is 2.24. The number of hydrogen-bond acceptors (Lipinski definition) is 3. The highest BCUT2D eigenvalue weighted by Crippen LogP contribution is 2.36. The number of methoxy groups -OCH3 is 1. The average molecular weight is 238 g/mol. The van der Waals surface area contributed by atoms with Crippen LogP contribution in [0.1, 0.15) is 38.3 Å². The molecule has 17 heavy (non-hydrogen) atoms. The Hall–Kier alpha value is -1.22. The maximum Gasteiger partial charge on any atom is 0.163 e. The zero-order chi connectivity index (χ0) is 13.1. The highest BCUT2D eigenvalue weighted by Gasteiger charge is 2.18. The summed E-state index contributed by atoms with van der Waals surface area (Å²) in [4.78, 5) is 0. The molecule has 0 bridgehead atoms. The van der Waals surface area contributed by atoms with Gasteiger partial charge in [0, 0.05) is 6.61 Å². The van der Waals surface area contributed by atoms with Crippen molar-refractivity contribution in [1.82, 2.24) is 0 Å². The number of benzene rings is 1. The van der Waals surface area contributed by atoms with Crippen LogP contribution in [-0.4, -0.2) is 23.9 Å². The molecule has 1 rings (SSSR count). The minimum absolute atomic E-state index is 0.0162. The minimum atomic E-state index is -0.0162. The summed E-state index contributed by atoms with van der Waals surface area (Å²) >= 11 is 0. The maximum atomic E-state index is 9.95. The molecule has 0 amide bonds. The van der Waals surface area contributed by atoms with E-state index < -0.39 is 0 Å². The van der Waals surface area contributed by atoms with Crippen molar-refractivity contribution in [2.75, 3.05) is 13.7 Å². The molecule has 3 heteroatoms. The smallest absolute Gasteiger partial charge is 0.163 e. The van der Waals surface area contributed by atoms with E-state index in [1.807, 2.05) is 6.07 Å². The largest absolute Gasteiger partial charge is 0.504 e. The topological polar surface area (TPSA) is 49.7 Å². The summed E-state index contributed by atoms with van der Waals surface area (Å²) < 4.78 is 5.21. The van der Waals surface area contributed by atoms with Crippen molar-refractivity contribution in [3.8, 4) is 11.5 Å². The SMILES string of the molecule is COc1c(O)cc(C(C)(C)C)cc1CCCO. The van der Waals surface area contributed by atoms with Crippen LogP contribution in [-0.2, 0) is 11.8 Å². The van der Waals surface area contributed by atoms with Gasteiger partial charge in [-0.3, -0.25) is 0 Å². The molecule has 0 spiro atoms. The molecule has 0 aromatic heterocycles. The predicted molar refractivity (Wildman–Crippen MR) is 68.8 cm³/mol. The lowest BCUT2D eigenvalue weighted by atomic mass is 9.85. The Bertz CT molecular complexity index is 378. The number of aliphatic hydroxyl groups excluding tert-OH is 1. The summed E-state index contributed by atoms with van der Waals surface area (Å²) in [6.45, 7) is 6.45. The first-order chi connectivity index (χ1) is 7.90. The number of aliphatic hydroxyl groups is 1. The Morgan fingerprint density at radius 3 is 2.35 bits per heavy atom. The van der Waals surface area contributed by atoms with E-state index in [4.69, 9.17) is 9.84 Å². The van der Waals surface area contributed by atoms with Gasteiger partial charge in [0.25, 0.3) is 0 Å². The molecule has 96 valence electrons. The van der Waals surface area contributed by atoms with Crippen LogP contribution in [0.2, 0.25) is 0 Å². The normalized spacial score (nSPS) is 11.6. The number of hydrogen-bond donors (Lipinski definition) is 2. The van der Waals surface area contributed by atoms with Gasteiger partial charge < -0.3 is 14.9 Å². The quantitative estimate of drug-likeness (QED) is 0.847. The van der Waals surface area contributed by atoms with Crippen LogP contribution in [0.5, 0.6) is 11.5 Å². The Balaban J connectivity index is 3.19. The number of aryl methyl sites for hydroxylation is 1. The van der Waals surface area contributed by atoms with Crippen LogP contribution < -0.4 is 4.74 Å². The Morgan fingerprint density at radius 1 is 1.24 bits per heavy atom. The molecule has 0 atom stereocenters. The number of phenolic OH excluding ortho intramolecular Hbond substituents is 1. The molecule has 0 aliphatic heterocycles. The van der Waals surface area contributed by atoms with Gasteiger partial charge in [-0.2, -0.15) is 0 Å². The van der Waals surface area contributed by atoms with Crippen LogP contribution in [0.4, 0.5) is 0 Å². The van der Waals surface area contributed by atoms with Gasteiger partial charge in [0.2, 0.25) is 0 Å². The fraction of sp³-hybridized carbons (Fsp3) is 0.571. The zero-order valence-corrected chi connectivity index (χ0v) is 11.1. The van der Waals surface area contributed by atoms with Crippen molar-refractivity contribution in [2.45, 2.75) is 39.0 Å². The lowest BCUT2D eigenvalue weighted by molar-refractivity contribution is 0.287. The van der Waals surface area contributed by atoms with E-state index in [2.05, 4.69) is 20.8 Å². The molecular formula is C14H22O3. The third kappa shape index (κ3) is 3.37. The molecule has 1 aromatic rings. The first-order valence-electron chi connectivity index (χ1n) is 5.91. The minimum Gasteiger partial charge on any atom is -0.504 e. The molecule has 0 fully saturated rings. The maximum absolute atomic E-state index is 9.95. The molecule has 2 N–H and O–H groups in total. The highest BCUT2D eigenvalue weighted by molar-refractivity contribution is 5.50. The summed E-state index contributed by atoms with van der Waals surface area (Å²) in [6.07, 6.45) is 1.38. The van der Waals surface area contributed by atoms with Gasteiger partial charge in [-0.25, -0.2) is 0 Å². The second-order valence-electron chi connectivity index (χ2n) is 5.26. The molecule has 0 aliphatic rings. The van der Waals surface area contributed by atoms with Crippen LogP contribution >= 0.6 is 0 Å². The molecule has 0 saturated carbocycles. The molecular weight excluding hydrogens is 216 g/mol. The fourth-order valence-corrected chi connectivity index (χ4v) is 1.80. The van der Waals surface area contributed by atoms with Crippen LogP contribution in [0.25, 0.3) is 0 Å². The summed E-state index contributed by atoms with van der Waals surface area (Å²) in [5.41, 5.74) is 2.01. The van der Waals surface area contributed by atoms with Gasteiger partial charge in [-0.15, -0.1) is 0 Å². The number of aromatic hydroxyl groups is 1. The van der Waals surface area contributed by atoms with Crippen molar-refractivity contribution < 1.29 is 14.9 Å². The van der Waals surface area contributed by atoms with E-state index in [-0.39, 0.29) is 17.8 Å². The van der Waals surface area contributed by atoms with E-state index in [1.54, 1.807) is 13.2 Å². The van der Waals surface area contributed by atoms with Crippen molar-refractivity contribution in [3.63, 3.8) is 0 Å². The van der Waals surface area contributed by atoms with Crippen LogP contribution in [0.15, 0.2) is 12.1 Å². The van der Waals surface area contributed by atoms with Gasteiger partial charge >= 0.3 is 0 Å². The molecule has 1 aromatic carbocycles. The Kier molecular flexibility index (Phi) is 4.40. The third-order valence-electron chi connectivity index (χ3n) is 2.82. The van der Waals surface area contributed by atoms with Gasteiger partial charge in [0.15, 0.2) is 11.5 Å². The van der Waals surface area contributed by atoms with Crippen molar-refractivity contribution in [1.29, 1.82) is 0 Å². The van der Waals surface area contributed by atoms with E-state index in [9.17, 15) is 5.11 Å². The molecule has 3 nitrogen and oxygen atoms in total. The molecule has 0 heterocycles. The van der Waals surface area contributed by atoms with E-state index in [0.29, 0.717) is 18.6 Å². The first kappa shape index (κ1) is 13.8. The van der Waals surface area contributed by atoms with Crippen LogP contribution in [0.3, 0.4) is 0 Å². The lowest BCUT2D eigenvalue weighted by Gasteiger charge is -2.22. The van der Waals surface area contributed by atoms with Gasteiger partial charge in [-0.05, 0) is 35.4 Å². The van der Waals surface area contributed by atoms with Gasteiger partial charge in [0.05, 0.1) is 7.11 Å². The van der Waals surface area contributed by atoms with Crippen molar-refractivity contribution >= 4 is 0 Å². The Morgan fingerprint density at radius 2 is 1.88 bits per heavy atom. The predicted octanol–water partition coefficient (Wildman–Crippen LogP) is 2.62. The zero-order valence-electron chi connectivity index (χ0n) is 11.1. The van der Waals surface area contributed by atoms with Crippen LogP contribution in [0, 0.1) is 0 Å². The monoisotopic (exact) mass is 238 g/mol. The summed E-state index contributed by atoms with van der Waals surface area (Å²) in [5.74, 6) is 0.694. The fourth-order valence-electron chi connectivity index (χ4n) is 1.80. The molecule has 0 aliphatic carbocycles. The Labute approximate surface area is 103 Å². The molecule has 0 saturated heterocycles. The van der Waals surface area contributed by atoms with E-state index in [1.165, 1.54) is 0 Å². The highest BCUT2D eigenvalue weighted by atomic mass is 16.5. The third-order valence-corrected chi connectivity index (χ3v) is 2.82. The lowest BCUT2D eigenvalue weighted by Crippen LogP contribution is -2.12. The molecule has 0 unspecified atom stereocenters. The summed E-state index contributed by atoms with van der Waals surface area (Å²) in [5, 5.41) is 18.8. The number of ether oxygens (including phenoxy) is 1. The van der Waals surface area contributed by atoms with Crippen molar-refractivity contribution in [3.05, 3.63) is 23.3 Å².